The molecule has 4 nitrogen and oxygen atoms in total. The zero-order valence-electron chi connectivity index (χ0n) is 9.35. The molecule has 88 valence electrons. The number of carboxylic acid groups (broad SMARTS) is 1. The average molecular weight is 240 g/mol. The number of nitrogens with zero attached hydrogens (tertiary/aromatic N) is 2. The van der Waals surface area contributed by atoms with Crippen LogP contribution in [-0.2, 0) is 13.5 Å². The molecule has 0 spiro atoms. The zero-order valence-corrected chi connectivity index (χ0v) is 10.2. The first kappa shape index (κ1) is 11.5. The van der Waals surface area contributed by atoms with Gasteiger partial charge in [-0.3, -0.25) is 4.68 Å². The smallest absolute Gasteiger partial charge is 0.354 e. The Morgan fingerprint density at radius 2 is 2.50 bits per heavy atom. The minimum atomic E-state index is -0.905. The summed E-state index contributed by atoms with van der Waals surface area (Å²) in [6.07, 6.45) is 4.72. The molecule has 0 aromatic carbocycles. The van der Waals surface area contributed by atoms with Gasteiger partial charge in [0.15, 0.2) is 0 Å². The SMILES string of the molecule is Cn1nc(CC2CCCCS2)cc1C(=O)O. The molecule has 5 heteroatoms. The molecule has 2 rings (SSSR count). The lowest BCUT2D eigenvalue weighted by Crippen LogP contribution is -2.12. The van der Waals surface area contributed by atoms with Gasteiger partial charge < -0.3 is 5.11 Å². The number of thioether (sulfide) groups is 1. The van der Waals surface area contributed by atoms with Gasteiger partial charge in [-0.05, 0) is 24.7 Å². The van der Waals surface area contributed by atoms with Crippen molar-refractivity contribution in [3.05, 3.63) is 17.5 Å². The van der Waals surface area contributed by atoms with Crippen LogP contribution in [0.15, 0.2) is 6.07 Å². The van der Waals surface area contributed by atoms with Crippen LogP contribution < -0.4 is 0 Å². The number of carboxylic acids is 1. The van der Waals surface area contributed by atoms with Crippen LogP contribution >= 0.6 is 11.8 Å². The Hall–Kier alpha value is -0.970. The molecule has 0 aliphatic carbocycles. The molecule has 1 aliphatic heterocycles. The number of hydrogen-bond donors (Lipinski definition) is 1. The van der Waals surface area contributed by atoms with Crippen molar-refractivity contribution in [2.24, 2.45) is 7.05 Å². The highest BCUT2D eigenvalue weighted by Gasteiger charge is 2.18. The van der Waals surface area contributed by atoms with Crippen LogP contribution in [0.3, 0.4) is 0 Å². The first-order chi connectivity index (χ1) is 7.66. The summed E-state index contributed by atoms with van der Waals surface area (Å²) in [4.78, 5) is 10.9. The second-order valence-corrected chi connectivity index (χ2v) is 5.55. The van der Waals surface area contributed by atoms with Crippen LogP contribution in [0, 0.1) is 0 Å². The normalized spacial score (nSPS) is 20.9. The highest BCUT2D eigenvalue weighted by atomic mass is 32.2. The molecule has 1 N–H and O–H groups in total. The Balaban J connectivity index is 2.03. The topological polar surface area (TPSA) is 55.1 Å². The van der Waals surface area contributed by atoms with E-state index in [1.54, 1.807) is 13.1 Å². The third-order valence-electron chi connectivity index (χ3n) is 2.86. The van der Waals surface area contributed by atoms with E-state index in [0.717, 1.165) is 12.1 Å². The van der Waals surface area contributed by atoms with E-state index in [-0.39, 0.29) is 5.69 Å². The Labute approximate surface area is 99.0 Å². The van der Waals surface area contributed by atoms with E-state index in [2.05, 4.69) is 5.10 Å². The van der Waals surface area contributed by atoms with E-state index in [1.807, 2.05) is 11.8 Å². The van der Waals surface area contributed by atoms with Crippen LogP contribution in [0.2, 0.25) is 0 Å². The van der Waals surface area contributed by atoms with Crippen LogP contribution in [0.25, 0.3) is 0 Å². The van der Waals surface area contributed by atoms with E-state index < -0.39 is 5.97 Å². The number of aryl methyl sites for hydroxylation is 1. The molecule has 0 bridgehead atoms. The molecule has 2 heterocycles. The fourth-order valence-corrected chi connectivity index (χ4v) is 3.35. The monoisotopic (exact) mass is 240 g/mol. The lowest BCUT2D eigenvalue weighted by molar-refractivity contribution is 0.0685. The van der Waals surface area contributed by atoms with Crippen LogP contribution in [-0.4, -0.2) is 31.9 Å². The van der Waals surface area contributed by atoms with E-state index in [9.17, 15) is 4.79 Å². The van der Waals surface area contributed by atoms with Gasteiger partial charge in [-0.15, -0.1) is 0 Å². The van der Waals surface area contributed by atoms with Gasteiger partial charge in [0.2, 0.25) is 0 Å². The van der Waals surface area contributed by atoms with Crippen molar-refractivity contribution in [3.8, 4) is 0 Å². The molecule has 0 radical (unpaired) electrons. The van der Waals surface area contributed by atoms with Crippen LogP contribution in [0.4, 0.5) is 0 Å². The van der Waals surface area contributed by atoms with E-state index in [1.165, 1.54) is 29.7 Å². The van der Waals surface area contributed by atoms with Gasteiger partial charge in [-0.1, -0.05) is 6.42 Å². The summed E-state index contributed by atoms with van der Waals surface area (Å²) in [5.74, 6) is 0.320. The van der Waals surface area contributed by atoms with Crippen molar-refractivity contribution in [2.45, 2.75) is 30.9 Å². The van der Waals surface area contributed by atoms with E-state index >= 15 is 0 Å². The molecule has 1 aliphatic rings. The van der Waals surface area contributed by atoms with E-state index in [0.29, 0.717) is 5.25 Å². The van der Waals surface area contributed by atoms with Crippen molar-refractivity contribution in [1.82, 2.24) is 9.78 Å². The summed E-state index contributed by atoms with van der Waals surface area (Å²) in [5.41, 5.74) is 1.18. The van der Waals surface area contributed by atoms with Gasteiger partial charge in [-0.25, -0.2) is 4.79 Å². The largest absolute Gasteiger partial charge is 0.477 e. The number of carbonyl (C=O) groups is 1. The molecular formula is C11H16N2O2S. The molecule has 1 saturated heterocycles. The Morgan fingerprint density at radius 1 is 1.69 bits per heavy atom. The number of hydrogen-bond acceptors (Lipinski definition) is 3. The Bertz CT molecular complexity index is 383. The van der Waals surface area contributed by atoms with Crippen molar-refractivity contribution < 1.29 is 9.90 Å². The fraction of sp³-hybridized carbons (Fsp3) is 0.636. The highest BCUT2D eigenvalue weighted by molar-refractivity contribution is 7.99. The Morgan fingerprint density at radius 3 is 3.06 bits per heavy atom. The predicted octanol–water partition coefficient (Wildman–Crippen LogP) is 1.95. The molecule has 1 aromatic heterocycles. The minimum absolute atomic E-state index is 0.274. The molecule has 1 aromatic rings. The number of rotatable bonds is 3. The number of aromatic carboxylic acids is 1. The van der Waals surface area contributed by atoms with Gasteiger partial charge in [0.25, 0.3) is 0 Å². The second-order valence-electron chi connectivity index (χ2n) is 4.14. The number of aromatic nitrogens is 2. The highest BCUT2D eigenvalue weighted by Crippen LogP contribution is 2.27. The van der Waals surface area contributed by atoms with Crippen molar-refractivity contribution >= 4 is 17.7 Å². The second kappa shape index (κ2) is 4.91. The predicted molar refractivity (Wildman–Crippen MR) is 64.0 cm³/mol. The maximum Gasteiger partial charge on any atom is 0.354 e. The van der Waals surface area contributed by atoms with Gasteiger partial charge in [-0.2, -0.15) is 16.9 Å². The maximum atomic E-state index is 10.9. The summed E-state index contributed by atoms with van der Waals surface area (Å²) in [7, 11) is 1.68. The molecule has 0 amide bonds. The van der Waals surface area contributed by atoms with Crippen LogP contribution in [0.1, 0.15) is 35.4 Å². The van der Waals surface area contributed by atoms with Gasteiger partial charge in [0.1, 0.15) is 5.69 Å². The van der Waals surface area contributed by atoms with Gasteiger partial charge >= 0.3 is 5.97 Å². The standard InChI is InChI=1S/C11H16N2O2S/c1-13-10(11(14)15)7-8(12-13)6-9-4-2-3-5-16-9/h7,9H,2-6H2,1H3,(H,14,15). The third-order valence-corrected chi connectivity index (χ3v) is 4.26. The van der Waals surface area contributed by atoms with Gasteiger partial charge in [0, 0.05) is 18.7 Å². The summed E-state index contributed by atoms with van der Waals surface area (Å²) in [6, 6.07) is 1.69. The minimum Gasteiger partial charge on any atom is -0.477 e. The molecule has 16 heavy (non-hydrogen) atoms. The maximum absolute atomic E-state index is 10.9. The Kier molecular flexibility index (Phi) is 3.53. The third kappa shape index (κ3) is 2.58. The van der Waals surface area contributed by atoms with E-state index in [4.69, 9.17) is 5.11 Å². The van der Waals surface area contributed by atoms with Crippen molar-refractivity contribution in [3.63, 3.8) is 0 Å². The summed E-state index contributed by atoms with van der Waals surface area (Å²) >= 11 is 1.98. The zero-order chi connectivity index (χ0) is 11.5. The summed E-state index contributed by atoms with van der Waals surface area (Å²) in [5, 5.41) is 13.8. The quantitative estimate of drug-likeness (QED) is 0.877. The van der Waals surface area contributed by atoms with Crippen molar-refractivity contribution in [1.29, 1.82) is 0 Å². The first-order valence-corrected chi connectivity index (χ1v) is 6.59. The first-order valence-electron chi connectivity index (χ1n) is 5.54. The molecule has 1 atom stereocenters. The molecular weight excluding hydrogens is 224 g/mol. The van der Waals surface area contributed by atoms with Crippen LogP contribution in [0.5, 0.6) is 0 Å². The molecule has 1 fully saturated rings. The fourth-order valence-electron chi connectivity index (χ4n) is 2.03. The lowest BCUT2D eigenvalue weighted by atomic mass is 10.1. The molecule has 0 saturated carbocycles. The average Bonchev–Trinajstić information content (AvgIpc) is 2.61. The van der Waals surface area contributed by atoms with Gasteiger partial charge in [0.05, 0.1) is 5.69 Å². The molecule has 1 unspecified atom stereocenters. The lowest BCUT2D eigenvalue weighted by Gasteiger charge is -2.19. The summed E-state index contributed by atoms with van der Waals surface area (Å²) < 4.78 is 1.45. The summed E-state index contributed by atoms with van der Waals surface area (Å²) in [6.45, 7) is 0. The van der Waals surface area contributed by atoms with Crippen molar-refractivity contribution in [2.75, 3.05) is 5.75 Å².